The summed E-state index contributed by atoms with van der Waals surface area (Å²) in [6.07, 6.45) is 1.33. The molecule has 8 nitrogen and oxygen atoms in total. The van der Waals surface area contributed by atoms with Crippen molar-refractivity contribution in [2.45, 2.75) is 53.0 Å². The molecule has 0 aliphatic heterocycles. The summed E-state index contributed by atoms with van der Waals surface area (Å²) in [4.78, 5) is 33.1. The Morgan fingerprint density at radius 2 is 2.08 bits per heavy atom. The average Bonchev–Trinajstić information content (AvgIpc) is 2.92. The van der Waals surface area contributed by atoms with Gasteiger partial charge in [0.1, 0.15) is 5.82 Å². The Balaban J connectivity index is 2.10. The molecule has 0 bridgehead atoms. The van der Waals surface area contributed by atoms with Crippen LogP contribution in [0.3, 0.4) is 0 Å². The third-order valence-electron chi connectivity index (χ3n) is 4.38. The lowest BCUT2D eigenvalue weighted by atomic mass is 9.99. The molecule has 24 heavy (non-hydrogen) atoms. The maximum atomic E-state index is 12.5. The molecule has 2 aromatic rings. The van der Waals surface area contributed by atoms with E-state index in [-0.39, 0.29) is 36.5 Å². The lowest BCUT2D eigenvalue weighted by Crippen LogP contribution is -2.42. The Bertz CT molecular complexity index is 780. The van der Waals surface area contributed by atoms with E-state index in [4.69, 9.17) is 0 Å². The van der Waals surface area contributed by atoms with Crippen LogP contribution < -0.4 is 10.9 Å². The van der Waals surface area contributed by atoms with Crippen molar-refractivity contribution < 1.29 is 9.90 Å². The van der Waals surface area contributed by atoms with E-state index < -0.39 is 0 Å². The zero-order valence-corrected chi connectivity index (χ0v) is 14.6. The number of fused-ring (bicyclic) bond motifs is 1. The Labute approximate surface area is 140 Å². The van der Waals surface area contributed by atoms with Crippen molar-refractivity contribution >= 4 is 11.7 Å². The van der Waals surface area contributed by atoms with Crippen LogP contribution >= 0.6 is 0 Å². The number of aliphatic hydroxyl groups is 1. The predicted octanol–water partition coefficient (Wildman–Crippen LogP) is 0.490. The van der Waals surface area contributed by atoms with Crippen molar-refractivity contribution in [3.05, 3.63) is 27.4 Å². The van der Waals surface area contributed by atoms with Gasteiger partial charge in [-0.3, -0.25) is 14.7 Å². The monoisotopic (exact) mass is 335 g/mol. The molecule has 2 rings (SSSR count). The van der Waals surface area contributed by atoms with Gasteiger partial charge in [-0.1, -0.05) is 20.3 Å². The van der Waals surface area contributed by atoms with Crippen LogP contribution in [0.5, 0.6) is 0 Å². The van der Waals surface area contributed by atoms with E-state index >= 15 is 0 Å². The van der Waals surface area contributed by atoms with Gasteiger partial charge in [-0.05, 0) is 26.2 Å². The van der Waals surface area contributed by atoms with Crippen LogP contribution in [0.1, 0.15) is 43.8 Å². The summed E-state index contributed by atoms with van der Waals surface area (Å²) in [5.74, 6) is 0.949. The number of aromatic amines is 1. The third-order valence-corrected chi connectivity index (χ3v) is 4.38. The summed E-state index contributed by atoms with van der Waals surface area (Å²) >= 11 is 0. The molecule has 2 unspecified atom stereocenters. The number of hydrogen-bond donors (Lipinski definition) is 3. The molecule has 8 heteroatoms. The van der Waals surface area contributed by atoms with E-state index in [1.54, 1.807) is 13.8 Å². The fourth-order valence-corrected chi connectivity index (χ4v) is 2.62. The zero-order chi connectivity index (χ0) is 17.9. The molecule has 1 amide bonds. The van der Waals surface area contributed by atoms with Gasteiger partial charge in [-0.25, -0.2) is 4.98 Å². The molecule has 0 fully saturated rings. The first kappa shape index (κ1) is 18.1. The Kier molecular flexibility index (Phi) is 5.71. The first-order valence-corrected chi connectivity index (χ1v) is 8.22. The van der Waals surface area contributed by atoms with Crippen molar-refractivity contribution in [1.82, 2.24) is 24.9 Å². The van der Waals surface area contributed by atoms with Crippen LogP contribution in [-0.2, 0) is 11.2 Å². The van der Waals surface area contributed by atoms with Crippen molar-refractivity contribution in [2.24, 2.45) is 5.92 Å². The molecule has 0 aliphatic rings. The molecule has 2 atom stereocenters. The highest BCUT2D eigenvalue weighted by atomic mass is 16.3. The van der Waals surface area contributed by atoms with Gasteiger partial charge in [0, 0.05) is 12.0 Å². The fourth-order valence-electron chi connectivity index (χ4n) is 2.62. The van der Waals surface area contributed by atoms with E-state index in [2.05, 4.69) is 20.4 Å². The second-order valence-corrected chi connectivity index (χ2v) is 6.17. The molecule has 132 valence electrons. The van der Waals surface area contributed by atoms with Crippen molar-refractivity contribution in [1.29, 1.82) is 0 Å². The van der Waals surface area contributed by atoms with E-state index in [0.29, 0.717) is 29.3 Å². The van der Waals surface area contributed by atoms with Gasteiger partial charge in [-0.15, -0.1) is 0 Å². The van der Waals surface area contributed by atoms with Crippen LogP contribution in [0.4, 0.5) is 0 Å². The third kappa shape index (κ3) is 3.81. The van der Waals surface area contributed by atoms with Gasteiger partial charge in [0.25, 0.3) is 11.3 Å². The van der Waals surface area contributed by atoms with Crippen molar-refractivity contribution in [3.8, 4) is 0 Å². The molecular formula is C16H25N5O3. The molecule has 2 aromatic heterocycles. The second-order valence-electron chi connectivity index (χ2n) is 6.17. The summed E-state index contributed by atoms with van der Waals surface area (Å²) in [7, 11) is 0. The summed E-state index contributed by atoms with van der Waals surface area (Å²) < 4.78 is 1.30. The Morgan fingerprint density at radius 1 is 1.38 bits per heavy atom. The predicted molar refractivity (Wildman–Crippen MR) is 89.9 cm³/mol. The smallest absolute Gasteiger partial charge is 0.277 e. The molecule has 0 aliphatic carbocycles. The van der Waals surface area contributed by atoms with Gasteiger partial charge in [0.2, 0.25) is 5.91 Å². The second kappa shape index (κ2) is 7.57. The number of nitrogens with one attached hydrogen (secondary N) is 2. The first-order valence-electron chi connectivity index (χ1n) is 8.22. The maximum Gasteiger partial charge on any atom is 0.277 e. The number of carbonyl (C=O) groups excluding carboxylic acids is 1. The highest BCUT2D eigenvalue weighted by molar-refractivity contribution is 5.76. The maximum absolute atomic E-state index is 12.5. The van der Waals surface area contributed by atoms with E-state index in [1.807, 2.05) is 13.8 Å². The quantitative estimate of drug-likeness (QED) is 0.682. The molecule has 0 saturated carbocycles. The van der Waals surface area contributed by atoms with Crippen LogP contribution in [0.25, 0.3) is 5.78 Å². The van der Waals surface area contributed by atoms with E-state index in [0.717, 1.165) is 6.42 Å². The standard InChI is InChI=1S/C16H25N5O3/c1-5-9(2)13(8-22)19-14(23)7-6-12-10(3)17-16-18-11(4)20-21(16)15(12)24/h9,13,22H,5-8H2,1-4H3,(H,19,23)(H,17,18,20). The number of nitrogens with zero attached hydrogens (tertiary/aromatic N) is 3. The SMILES string of the molecule is CCC(C)C(CO)NC(=O)CCc1c(C)nc2nc(C)[nH]n2c1=O. The van der Waals surface area contributed by atoms with Crippen molar-refractivity contribution in [3.63, 3.8) is 0 Å². The summed E-state index contributed by atoms with van der Waals surface area (Å²) in [5, 5.41) is 15.1. The molecule has 3 N–H and O–H groups in total. The lowest BCUT2D eigenvalue weighted by Gasteiger charge is -2.22. The number of hydrogen-bond acceptors (Lipinski definition) is 5. The summed E-state index contributed by atoms with van der Waals surface area (Å²) in [6, 6.07) is -0.263. The molecule has 2 heterocycles. The normalized spacial score (nSPS) is 13.9. The average molecular weight is 335 g/mol. The van der Waals surface area contributed by atoms with Crippen LogP contribution in [0.15, 0.2) is 4.79 Å². The number of H-pyrrole nitrogens is 1. The van der Waals surface area contributed by atoms with E-state index in [1.165, 1.54) is 4.52 Å². The van der Waals surface area contributed by atoms with Gasteiger partial charge in [-0.2, -0.15) is 9.50 Å². The summed E-state index contributed by atoms with van der Waals surface area (Å²) in [6.45, 7) is 7.39. The number of rotatable bonds is 7. The Morgan fingerprint density at radius 3 is 2.71 bits per heavy atom. The first-order chi connectivity index (χ1) is 11.4. The molecule has 0 saturated heterocycles. The number of carbonyl (C=O) groups is 1. The van der Waals surface area contributed by atoms with Gasteiger partial charge in [0.15, 0.2) is 0 Å². The topological polar surface area (TPSA) is 112 Å². The van der Waals surface area contributed by atoms with Crippen LogP contribution in [0, 0.1) is 19.8 Å². The fraction of sp³-hybridized carbons (Fsp3) is 0.625. The summed E-state index contributed by atoms with van der Waals surface area (Å²) in [5.41, 5.74) is 0.849. The number of aryl methyl sites for hydroxylation is 2. The van der Waals surface area contributed by atoms with Crippen LogP contribution in [0.2, 0.25) is 0 Å². The van der Waals surface area contributed by atoms with Gasteiger partial charge in [0.05, 0.1) is 18.3 Å². The lowest BCUT2D eigenvalue weighted by molar-refractivity contribution is -0.122. The number of aliphatic hydroxyl groups excluding tert-OH is 1. The van der Waals surface area contributed by atoms with Crippen molar-refractivity contribution in [2.75, 3.05) is 6.61 Å². The minimum Gasteiger partial charge on any atom is -0.394 e. The molecule has 0 spiro atoms. The highest BCUT2D eigenvalue weighted by Gasteiger charge is 2.18. The Hall–Kier alpha value is -2.22. The zero-order valence-electron chi connectivity index (χ0n) is 14.6. The number of amides is 1. The number of aromatic nitrogens is 4. The van der Waals surface area contributed by atoms with Crippen LogP contribution in [-0.4, -0.2) is 43.2 Å². The minimum atomic E-state index is -0.263. The van der Waals surface area contributed by atoms with Gasteiger partial charge >= 0.3 is 0 Å². The highest BCUT2D eigenvalue weighted by Crippen LogP contribution is 2.09. The molecule has 0 aromatic carbocycles. The molecule has 0 radical (unpaired) electrons. The largest absolute Gasteiger partial charge is 0.394 e. The molecular weight excluding hydrogens is 310 g/mol. The van der Waals surface area contributed by atoms with E-state index in [9.17, 15) is 14.7 Å². The van der Waals surface area contributed by atoms with Gasteiger partial charge < -0.3 is 10.4 Å². The minimum absolute atomic E-state index is 0.0939.